The van der Waals surface area contributed by atoms with Gasteiger partial charge in [-0.25, -0.2) is 4.68 Å². The smallest absolute Gasteiger partial charge is 0.234 e. The van der Waals surface area contributed by atoms with Crippen LogP contribution < -0.4 is 5.32 Å². The van der Waals surface area contributed by atoms with Crippen LogP contribution in [0.3, 0.4) is 0 Å². The van der Waals surface area contributed by atoms with Gasteiger partial charge in [0.05, 0.1) is 24.5 Å². The van der Waals surface area contributed by atoms with Gasteiger partial charge >= 0.3 is 0 Å². The number of rotatable bonds is 9. The summed E-state index contributed by atoms with van der Waals surface area (Å²) in [6.45, 7) is 6.00. The molecule has 0 unspecified atom stereocenters. The zero-order chi connectivity index (χ0) is 22.2. The van der Waals surface area contributed by atoms with E-state index in [4.69, 9.17) is 9.84 Å². The summed E-state index contributed by atoms with van der Waals surface area (Å²) in [5.41, 5.74) is 4.42. The van der Waals surface area contributed by atoms with Crippen LogP contribution in [-0.4, -0.2) is 78.5 Å². The first-order chi connectivity index (χ1) is 15.7. The number of hydrogen-bond acceptors (Lipinski definition) is 5. The summed E-state index contributed by atoms with van der Waals surface area (Å²) in [7, 11) is 1.64. The molecule has 0 spiro atoms. The Labute approximate surface area is 189 Å². The van der Waals surface area contributed by atoms with Gasteiger partial charge in [-0.05, 0) is 12.1 Å². The van der Waals surface area contributed by atoms with Crippen LogP contribution >= 0.6 is 0 Å². The van der Waals surface area contributed by atoms with Crippen molar-refractivity contribution in [2.24, 2.45) is 0 Å². The lowest BCUT2D eigenvalue weighted by Gasteiger charge is -2.34. The first-order valence-corrected chi connectivity index (χ1v) is 11.1. The van der Waals surface area contributed by atoms with Crippen LogP contribution in [0.25, 0.3) is 16.9 Å². The van der Waals surface area contributed by atoms with Gasteiger partial charge in [-0.2, -0.15) is 5.10 Å². The van der Waals surface area contributed by atoms with Gasteiger partial charge in [-0.1, -0.05) is 48.5 Å². The lowest BCUT2D eigenvalue weighted by Crippen LogP contribution is -2.49. The molecule has 1 N–H and O–H groups in total. The topological polar surface area (TPSA) is 62.6 Å². The van der Waals surface area contributed by atoms with Crippen LogP contribution in [0.5, 0.6) is 0 Å². The Hall–Kier alpha value is -3.00. The van der Waals surface area contributed by atoms with Crippen LogP contribution in [0, 0.1) is 0 Å². The molecule has 32 heavy (non-hydrogen) atoms. The fraction of sp³-hybridized carbons (Fsp3) is 0.360. The van der Waals surface area contributed by atoms with E-state index in [1.54, 1.807) is 7.11 Å². The number of nitrogens with one attached hydrogen (secondary N) is 1. The summed E-state index contributed by atoms with van der Waals surface area (Å²) in [5, 5.41) is 7.82. The lowest BCUT2D eigenvalue weighted by molar-refractivity contribution is -0.122. The number of carbonyl (C=O) groups is 1. The Morgan fingerprint density at radius 3 is 2.31 bits per heavy atom. The van der Waals surface area contributed by atoms with Crippen LogP contribution in [0.1, 0.15) is 5.56 Å². The molecule has 0 atom stereocenters. The molecule has 3 aromatic rings. The fourth-order valence-corrected chi connectivity index (χ4v) is 3.98. The molecule has 4 rings (SSSR count). The maximum atomic E-state index is 12.1. The van der Waals surface area contributed by atoms with E-state index in [1.165, 1.54) is 5.56 Å². The molecule has 0 saturated carbocycles. The summed E-state index contributed by atoms with van der Waals surface area (Å²) in [6.07, 6.45) is 2.15. The molecular formula is C25H31N5O2. The monoisotopic (exact) mass is 433 g/mol. The molecule has 1 saturated heterocycles. The predicted octanol–water partition coefficient (Wildman–Crippen LogP) is 2.42. The standard InChI is InChI=1S/C25H31N5O2/c1-32-17-12-26-24(31)20-29-15-13-28(14-16-29)18-22-19-30(23-10-6-3-7-11-23)27-25(22)21-8-4-2-5-9-21/h2-11,19H,12-18,20H2,1H3,(H,26,31). The van der Waals surface area contributed by atoms with Crippen molar-refractivity contribution in [1.82, 2.24) is 24.9 Å². The Bertz CT molecular complexity index is 982. The molecule has 0 bridgehead atoms. The van der Waals surface area contributed by atoms with Crippen molar-refractivity contribution in [3.8, 4) is 16.9 Å². The molecule has 0 radical (unpaired) electrons. The zero-order valence-corrected chi connectivity index (χ0v) is 18.6. The number of carbonyl (C=O) groups excluding carboxylic acids is 1. The quantitative estimate of drug-likeness (QED) is 0.525. The minimum atomic E-state index is 0.0611. The van der Waals surface area contributed by atoms with E-state index in [0.29, 0.717) is 19.7 Å². The summed E-state index contributed by atoms with van der Waals surface area (Å²) in [6, 6.07) is 20.6. The number of ether oxygens (including phenoxy) is 1. The summed E-state index contributed by atoms with van der Waals surface area (Å²) in [4.78, 5) is 16.7. The fourth-order valence-electron chi connectivity index (χ4n) is 3.98. The molecule has 7 nitrogen and oxygen atoms in total. The third-order valence-corrected chi connectivity index (χ3v) is 5.71. The third kappa shape index (κ3) is 5.82. The van der Waals surface area contributed by atoms with Gasteiger partial charge in [0.2, 0.25) is 5.91 Å². The molecule has 1 amide bonds. The van der Waals surface area contributed by atoms with E-state index in [2.05, 4.69) is 57.7 Å². The molecule has 0 aliphatic carbocycles. The second kappa shape index (κ2) is 11.0. The molecule has 1 fully saturated rings. The number of amides is 1. The van der Waals surface area contributed by atoms with E-state index >= 15 is 0 Å². The summed E-state index contributed by atoms with van der Waals surface area (Å²) in [5.74, 6) is 0.0611. The van der Waals surface area contributed by atoms with Crippen molar-refractivity contribution in [2.45, 2.75) is 6.54 Å². The van der Waals surface area contributed by atoms with Gasteiger partial charge in [-0.3, -0.25) is 14.6 Å². The molecule has 1 aliphatic heterocycles. The minimum Gasteiger partial charge on any atom is -0.383 e. The van der Waals surface area contributed by atoms with Crippen LogP contribution in [-0.2, 0) is 16.1 Å². The molecule has 168 valence electrons. The van der Waals surface area contributed by atoms with E-state index in [1.807, 2.05) is 28.9 Å². The van der Waals surface area contributed by atoms with Crippen molar-refractivity contribution in [3.63, 3.8) is 0 Å². The predicted molar refractivity (Wildman–Crippen MR) is 126 cm³/mol. The number of para-hydroxylation sites is 1. The second-order valence-corrected chi connectivity index (χ2v) is 8.04. The number of piperazine rings is 1. The molecule has 7 heteroatoms. The molecule has 1 aliphatic rings. The lowest BCUT2D eigenvalue weighted by atomic mass is 10.1. The Morgan fingerprint density at radius 2 is 1.62 bits per heavy atom. The van der Waals surface area contributed by atoms with E-state index in [9.17, 15) is 4.79 Å². The number of hydrogen-bond donors (Lipinski definition) is 1. The molecular weight excluding hydrogens is 402 g/mol. The SMILES string of the molecule is COCCNC(=O)CN1CCN(Cc2cn(-c3ccccc3)nc2-c2ccccc2)CC1. The maximum absolute atomic E-state index is 12.1. The highest BCUT2D eigenvalue weighted by Gasteiger charge is 2.21. The number of benzene rings is 2. The summed E-state index contributed by atoms with van der Waals surface area (Å²) < 4.78 is 6.95. The zero-order valence-electron chi connectivity index (χ0n) is 18.6. The van der Waals surface area contributed by atoms with Crippen LogP contribution in [0.15, 0.2) is 66.9 Å². The molecule has 1 aromatic heterocycles. The molecule has 2 heterocycles. The van der Waals surface area contributed by atoms with Gasteiger partial charge in [0.15, 0.2) is 0 Å². The van der Waals surface area contributed by atoms with Gasteiger partial charge in [0, 0.05) is 63.7 Å². The highest BCUT2D eigenvalue weighted by atomic mass is 16.5. The van der Waals surface area contributed by atoms with E-state index in [-0.39, 0.29) is 5.91 Å². The number of aromatic nitrogens is 2. The largest absolute Gasteiger partial charge is 0.383 e. The van der Waals surface area contributed by atoms with Gasteiger partial charge in [0.1, 0.15) is 0 Å². The normalized spacial score (nSPS) is 15.0. The average Bonchev–Trinajstić information content (AvgIpc) is 3.25. The van der Waals surface area contributed by atoms with Crippen LogP contribution in [0.4, 0.5) is 0 Å². The van der Waals surface area contributed by atoms with Crippen molar-refractivity contribution in [3.05, 3.63) is 72.4 Å². The number of methoxy groups -OCH3 is 1. The minimum absolute atomic E-state index is 0.0611. The first-order valence-electron chi connectivity index (χ1n) is 11.1. The first kappa shape index (κ1) is 22.2. The second-order valence-electron chi connectivity index (χ2n) is 8.04. The Balaban J connectivity index is 1.41. The Morgan fingerprint density at radius 1 is 0.969 bits per heavy atom. The van der Waals surface area contributed by atoms with Crippen molar-refractivity contribution in [1.29, 1.82) is 0 Å². The molecule has 2 aromatic carbocycles. The van der Waals surface area contributed by atoms with Crippen LogP contribution in [0.2, 0.25) is 0 Å². The number of nitrogens with zero attached hydrogens (tertiary/aromatic N) is 4. The van der Waals surface area contributed by atoms with E-state index in [0.717, 1.165) is 49.7 Å². The highest BCUT2D eigenvalue weighted by Crippen LogP contribution is 2.25. The third-order valence-electron chi connectivity index (χ3n) is 5.71. The maximum Gasteiger partial charge on any atom is 0.234 e. The van der Waals surface area contributed by atoms with Crippen molar-refractivity contribution >= 4 is 5.91 Å². The van der Waals surface area contributed by atoms with Gasteiger partial charge < -0.3 is 10.1 Å². The Kier molecular flexibility index (Phi) is 7.66. The summed E-state index contributed by atoms with van der Waals surface area (Å²) >= 11 is 0. The van der Waals surface area contributed by atoms with E-state index < -0.39 is 0 Å². The van der Waals surface area contributed by atoms with Gasteiger partial charge in [-0.15, -0.1) is 0 Å². The average molecular weight is 434 g/mol. The van der Waals surface area contributed by atoms with Crippen molar-refractivity contribution < 1.29 is 9.53 Å². The van der Waals surface area contributed by atoms with Gasteiger partial charge in [0.25, 0.3) is 0 Å². The van der Waals surface area contributed by atoms with Crippen molar-refractivity contribution in [2.75, 3.05) is 53.0 Å². The highest BCUT2D eigenvalue weighted by molar-refractivity contribution is 5.78.